The molecule has 3 heterocycles. The van der Waals surface area contributed by atoms with Crippen molar-refractivity contribution < 1.29 is 9.21 Å². The number of aryl methyl sites for hydroxylation is 1. The molecule has 0 radical (unpaired) electrons. The van der Waals surface area contributed by atoms with E-state index in [4.69, 9.17) is 4.42 Å². The molecule has 1 fully saturated rings. The summed E-state index contributed by atoms with van der Waals surface area (Å²) in [6.07, 6.45) is 5.44. The highest BCUT2D eigenvalue weighted by atomic mass is 16.4. The van der Waals surface area contributed by atoms with Crippen LogP contribution in [-0.2, 0) is 6.42 Å². The van der Waals surface area contributed by atoms with Crippen molar-refractivity contribution in [3.05, 3.63) is 89.3 Å². The first kappa shape index (κ1) is 18.7. The van der Waals surface area contributed by atoms with Gasteiger partial charge in [0.2, 0.25) is 5.89 Å². The minimum absolute atomic E-state index is 0.0105. The van der Waals surface area contributed by atoms with Crippen LogP contribution in [0.5, 0.6) is 0 Å². The monoisotopic (exact) mass is 399 g/mol. The maximum atomic E-state index is 13.4. The lowest BCUT2D eigenvalue weighted by atomic mass is 10.0. The standard InChI is InChI=1S/C25H25N3O2/c1-17-10-11-19-15-22(27-21(19)13-17)25(29)28-12-6-5-9-23(28)24-26-16-20(30-24)14-18-7-3-2-4-8-18/h2-4,7-8,10-11,13,15-16,23,27H,5-6,9,12,14H2,1H3. The Morgan fingerprint density at radius 2 is 2.03 bits per heavy atom. The number of fused-ring (bicyclic) bond motifs is 1. The summed E-state index contributed by atoms with van der Waals surface area (Å²) in [5.41, 5.74) is 3.97. The van der Waals surface area contributed by atoms with Crippen LogP contribution in [0, 0.1) is 6.92 Å². The van der Waals surface area contributed by atoms with Gasteiger partial charge in [-0.3, -0.25) is 4.79 Å². The Morgan fingerprint density at radius 1 is 1.17 bits per heavy atom. The molecule has 4 aromatic rings. The molecule has 2 aromatic carbocycles. The molecule has 0 saturated carbocycles. The number of rotatable bonds is 4. The largest absolute Gasteiger partial charge is 0.443 e. The quantitative estimate of drug-likeness (QED) is 0.498. The normalized spacial score (nSPS) is 16.8. The summed E-state index contributed by atoms with van der Waals surface area (Å²) < 4.78 is 6.10. The summed E-state index contributed by atoms with van der Waals surface area (Å²) in [5.74, 6) is 1.48. The lowest BCUT2D eigenvalue weighted by Gasteiger charge is -2.33. The lowest BCUT2D eigenvalue weighted by molar-refractivity contribution is 0.0565. The smallest absolute Gasteiger partial charge is 0.270 e. The minimum atomic E-state index is -0.121. The fraction of sp³-hybridized carbons (Fsp3) is 0.280. The van der Waals surface area contributed by atoms with E-state index in [1.165, 1.54) is 11.1 Å². The number of hydrogen-bond donors (Lipinski definition) is 1. The second-order valence-electron chi connectivity index (χ2n) is 8.11. The van der Waals surface area contributed by atoms with Crippen LogP contribution >= 0.6 is 0 Å². The number of likely N-dealkylation sites (tertiary alicyclic amines) is 1. The Labute approximate surface area is 175 Å². The fourth-order valence-electron chi connectivity index (χ4n) is 4.30. The summed E-state index contributed by atoms with van der Waals surface area (Å²) in [7, 11) is 0. The van der Waals surface area contributed by atoms with E-state index in [1.54, 1.807) is 6.20 Å². The van der Waals surface area contributed by atoms with E-state index in [0.717, 1.165) is 35.9 Å². The van der Waals surface area contributed by atoms with Crippen molar-refractivity contribution in [2.45, 2.75) is 38.6 Å². The predicted octanol–water partition coefficient (Wildman–Crippen LogP) is 5.42. The summed E-state index contributed by atoms with van der Waals surface area (Å²) in [5, 5.41) is 1.05. The first-order valence-electron chi connectivity index (χ1n) is 10.6. The number of nitrogens with zero attached hydrogens (tertiary/aromatic N) is 2. The van der Waals surface area contributed by atoms with E-state index in [0.29, 0.717) is 24.6 Å². The van der Waals surface area contributed by atoms with Crippen molar-refractivity contribution in [3.63, 3.8) is 0 Å². The molecule has 1 aliphatic rings. The second-order valence-corrected chi connectivity index (χ2v) is 8.11. The summed E-state index contributed by atoms with van der Waals surface area (Å²) in [4.78, 5) is 23.1. The molecule has 5 rings (SSSR count). The zero-order valence-corrected chi connectivity index (χ0v) is 17.1. The van der Waals surface area contributed by atoms with Crippen molar-refractivity contribution in [2.24, 2.45) is 0 Å². The van der Waals surface area contributed by atoms with Crippen LogP contribution in [0.4, 0.5) is 0 Å². The van der Waals surface area contributed by atoms with Gasteiger partial charge in [-0.2, -0.15) is 0 Å². The summed E-state index contributed by atoms with van der Waals surface area (Å²) in [6, 6.07) is 18.2. The molecular formula is C25H25N3O2. The number of amides is 1. The first-order valence-corrected chi connectivity index (χ1v) is 10.6. The number of aromatic amines is 1. The van der Waals surface area contributed by atoms with Gasteiger partial charge in [0.15, 0.2) is 0 Å². The molecule has 30 heavy (non-hydrogen) atoms. The number of hydrogen-bond acceptors (Lipinski definition) is 3. The van der Waals surface area contributed by atoms with Crippen LogP contribution in [-0.4, -0.2) is 27.3 Å². The molecule has 152 valence electrons. The summed E-state index contributed by atoms with van der Waals surface area (Å²) >= 11 is 0. The number of carbonyl (C=O) groups is 1. The third kappa shape index (κ3) is 3.63. The molecule has 5 nitrogen and oxygen atoms in total. The van der Waals surface area contributed by atoms with Crippen molar-refractivity contribution in [3.8, 4) is 0 Å². The lowest BCUT2D eigenvalue weighted by Crippen LogP contribution is -2.38. The highest BCUT2D eigenvalue weighted by Crippen LogP contribution is 2.32. The number of benzene rings is 2. The van der Waals surface area contributed by atoms with Gasteiger partial charge in [-0.05, 0) is 49.4 Å². The molecule has 1 saturated heterocycles. The van der Waals surface area contributed by atoms with Crippen LogP contribution in [0.15, 0.2) is 65.2 Å². The van der Waals surface area contributed by atoms with Gasteiger partial charge < -0.3 is 14.3 Å². The van der Waals surface area contributed by atoms with E-state index in [-0.39, 0.29) is 11.9 Å². The van der Waals surface area contributed by atoms with Gasteiger partial charge >= 0.3 is 0 Å². The fourth-order valence-corrected chi connectivity index (χ4v) is 4.30. The maximum absolute atomic E-state index is 13.4. The van der Waals surface area contributed by atoms with E-state index in [2.05, 4.69) is 47.2 Å². The van der Waals surface area contributed by atoms with Gasteiger partial charge in [0.1, 0.15) is 17.5 Å². The molecule has 1 aliphatic heterocycles. The van der Waals surface area contributed by atoms with E-state index in [9.17, 15) is 4.79 Å². The highest BCUT2D eigenvalue weighted by molar-refractivity contribution is 5.98. The van der Waals surface area contributed by atoms with Crippen LogP contribution in [0.2, 0.25) is 0 Å². The van der Waals surface area contributed by atoms with Crippen molar-refractivity contribution in [1.82, 2.24) is 14.9 Å². The van der Waals surface area contributed by atoms with Gasteiger partial charge in [-0.1, -0.05) is 42.5 Å². The van der Waals surface area contributed by atoms with E-state index >= 15 is 0 Å². The van der Waals surface area contributed by atoms with Gasteiger partial charge in [0, 0.05) is 23.9 Å². The first-order chi connectivity index (χ1) is 14.7. The van der Waals surface area contributed by atoms with Crippen LogP contribution in [0.1, 0.15) is 58.6 Å². The molecule has 1 atom stereocenters. The number of piperidine rings is 1. The molecule has 5 heteroatoms. The molecular weight excluding hydrogens is 374 g/mol. The van der Waals surface area contributed by atoms with E-state index in [1.807, 2.05) is 29.2 Å². The summed E-state index contributed by atoms with van der Waals surface area (Å²) in [6.45, 7) is 2.77. The maximum Gasteiger partial charge on any atom is 0.270 e. The van der Waals surface area contributed by atoms with Gasteiger partial charge in [-0.25, -0.2) is 4.98 Å². The minimum Gasteiger partial charge on any atom is -0.443 e. The van der Waals surface area contributed by atoms with Crippen molar-refractivity contribution >= 4 is 16.8 Å². The zero-order valence-electron chi connectivity index (χ0n) is 17.1. The molecule has 1 N–H and O–H groups in total. The van der Waals surface area contributed by atoms with Crippen molar-refractivity contribution in [1.29, 1.82) is 0 Å². The Balaban J connectivity index is 1.39. The number of carbonyl (C=O) groups excluding carboxylic acids is 1. The van der Waals surface area contributed by atoms with Crippen molar-refractivity contribution in [2.75, 3.05) is 6.54 Å². The number of nitrogens with one attached hydrogen (secondary N) is 1. The van der Waals surface area contributed by atoms with E-state index < -0.39 is 0 Å². The third-order valence-electron chi connectivity index (χ3n) is 5.85. The SMILES string of the molecule is Cc1ccc2cc(C(=O)N3CCCCC3c3ncc(Cc4ccccc4)o3)[nH]c2c1. The average Bonchev–Trinajstić information content (AvgIpc) is 3.40. The Hall–Kier alpha value is -3.34. The molecule has 2 aromatic heterocycles. The molecule has 1 unspecified atom stereocenters. The van der Waals surface area contributed by atoms with Crippen LogP contribution < -0.4 is 0 Å². The van der Waals surface area contributed by atoms with Crippen LogP contribution in [0.3, 0.4) is 0 Å². The topological polar surface area (TPSA) is 62.1 Å². The zero-order chi connectivity index (χ0) is 20.5. The number of aromatic nitrogens is 2. The third-order valence-corrected chi connectivity index (χ3v) is 5.85. The Bertz CT molecular complexity index is 1180. The molecule has 0 aliphatic carbocycles. The Kier molecular flexibility index (Phi) is 4.87. The van der Waals surface area contributed by atoms with Crippen LogP contribution in [0.25, 0.3) is 10.9 Å². The Morgan fingerprint density at radius 3 is 2.90 bits per heavy atom. The molecule has 0 spiro atoms. The molecule has 1 amide bonds. The number of oxazole rings is 1. The van der Waals surface area contributed by atoms with Gasteiger partial charge in [0.25, 0.3) is 5.91 Å². The predicted molar refractivity (Wildman–Crippen MR) is 116 cm³/mol. The highest BCUT2D eigenvalue weighted by Gasteiger charge is 2.32. The molecule has 0 bridgehead atoms. The van der Waals surface area contributed by atoms with Gasteiger partial charge in [0.05, 0.1) is 6.20 Å². The second kappa shape index (κ2) is 7.82. The number of H-pyrrole nitrogens is 1. The van der Waals surface area contributed by atoms with Gasteiger partial charge in [-0.15, -0.1) is 0 Å². The average molecular weight is 399 g/mol.